The molecule has 0 fully saturated rings. The molecule has 1 aromatic carbocycles. The smallest absolute Gasteiger partial charge is 0.325 e. The van der Waals surface area contributed by atoms with E-state index in [0.29, 0.717) is 23.3 Å². The Balaban J connectivity index is 2.14. The van der Waals surface area contributed by atoms with Crippen molar-refractivity contribution in [2.75, 3.05) is 0 Å². The minimum atomic E-state index is -1.12. The molecule has 0 saturated heterocycles. The Bertz CT molecular complexity index is 902. The summed E-state index contributed by atoms with van der Waals surface area (Å²) in [6.07, 6.45) is 7.66. The zero-order valence-electron chi connectivity index (χ0n) is 19.2. The molecule has 1 aromatic rings. The number of fused-ring (bicyclic) bond motifs is 3. The van der Waals surface area contributed by atoms with Gasteiger partial charge in [-0.25, -0.2) is 0 Å². The number of hydrogen-bond donors (Lipinski definition) is 3. The second-order valence-corrected chi connectivity index (χ2v) is 9.55. The van der Waals surface area contributed by atoms with Gasteiger partial charge in [-0.3, -0.25) is 9.59 Å². The first kappa shape index (κ1) is 23.2. The van der Waals surface area contributed by atoms with Gasteiger partial charge in [-0.2, -0.15) is 0 Å². The molecule has 1 aliphatic carbocycles. The van der Waals surface area contributed by atoms with Crippen LogP contribution in [-0.2, 0) is 11.2 Å². The summed E-state index contributed by atoms with van der Waals surface area (Å²) in [5.74, 6) is -0.969. The van der Waals surface area contributed by atoms with E-state index in [1.165, 1.54) is 12.5 Å². The Hall–Kier alpha value is -2.50. The van der Waals surface area contributed by atoms with Gasteiger partial charge in [0.05, 0.1) is 5.56 Å². The van der Waals surface area contributed by atoms with Crippen molar-refractivity contribution in [3.8, 4) is 11.5 Å². The Morgan fingerprint density at radius 3 is 2.68 bits per heavy atom. The van der Waals surface area contributed by atoms with Crippen LogP contribution in [0, 0.1) is 5.92 Å². The molecule has 0 aromatic heterocycles. The number of phenols is 1. The summed E-state index contributed by atoms with van der Waals surface area (Å²) in [6.45, 7) is 9.80. The lowest BCUT2D eigenvalue weighted by atomic mass is 9.67. The van der Waals surface area contributed by atoms with Crippen molar-refractivity contribution in [2.45, 2.75) is 90.7 Å². The predicted molar refractivity (Wildman–Crippen MR) is 120 cm³/mol. The fourth-order valence-electron chi connectivity index (χ4n) is 4.96. The van der Waals surface area contributed by atoms with Gasteiger partial charge < -0.3 is 20.3 Å². The first-order valence-electron chi connectivity index (χ1n) is 11.4. The van der Waals surface area contributed by atoms with Crippen molar-refractivity contribution in [1.29, 1.82) is 0 Å². The zero-order valence-corrected chi connectivity index (χ0v) is 19.2. The van der Waals surface area contributed by atoms with Crippen molar-refractivity contribution in [1.82, 2.24) is 5.32 Å². The predicted octanol–water partition coefficient (Wildman–Crippen LogP) is 4.94. The maximum Gasteiger partial charge on any atom is 0.325 e. The summed E-state index contributed by atoms with van der Waals surface area (Å²) >= 11 is 0. The highest BCUT2D eigenvalue weighted by molar-refractivity contribution is 6.01. The molecule has 0 radical (unpaired) electrons. The van der Waals surface area contributed by atoms with Gasteiger partial charge in [0.1, 0.15) is 23.1 Å². The second kappa shape index (κ2) is 8.93. The molecule has 31 heavy (non-hydrogen) atoms. The molecule has 3 unspecified atom stereocenters. The molecule has 6 nitrogen and oxygen atoms in total. The number of carboxylic acids is 1. The van der Waals surface area contributed by atoms with Crippen molar-refractivity contribution in [3.05, 3.63) is 34.4 Å². The number of aliphatic carboxylic acids is 1. The molecule has 3 atom stereocenters. The first-order valence-corrected chi connectivity index (χ1v) is 11.4. The average molecular weight is 430 g/mol. The summed E-state index contributed by atoms with van der Waals surface area (Å²) in [7, 11) is 0. The van der Waals surface area contributed by atoms with Crippen LogP contribution in [0.25, 0.3) is 0 Å². The molecule has 3 N–H and O–H groups in total. The van der Waals surface area contributed by atoms with Crippen LogP contribution < -0.4 is 10.1 Å². The van der Waals surface area contributed by atoms with E-state index in [2.05, 4.69) is 39.1 Å². The number of amides is 1. The average Bonchev–Trinajstić information content (AvgIpc) is 2.66. The van der Waals surface area contributed by atoms with Gasteiger partial charge in [0, 0.05) is 17.4 Å². The van der Waals surface area contributed by atoms with Crippen LogP contribution in [0.4, 0.5) is 0 Å². The molecule has 0 saturated carbocycles. The van der Waals surface area contributed by atoms with Crippen LogP contribution in [0.1, 0.15) is 94.1 Å². The number of carboxylic acid groups (broad SMARTS) is 1. The largest absolute Gasteiger partial charge is 0.507 e. The quantitative estimate of drug-likeness (QED) is 0.421. The number of ether oxygens (including phenoxy) is 1. The van der Waals surface area contributed by atoms with Gasteiger partial charge >= 0.3 is 5.97 Å². The fourth-order valence-corrected chi connectivity index (χ4v) is 4.96. The summed E-state index contributed by atoms with van der Waals surface area (Å²) in [6, 6.07) is 0.840. The van der Waals surface area contributed by atoms with Gasteiger partial charge in [-0.1, -0.05) is 31.4 Å². The summed E-state index contributed by atoms with van der Waals surface area (Å²) in [5.41, 5.74) is 2.41. The number of rotatable bonds is 7. The Morgan fingerprint density at radius 2 is 2.03 bits per heavy atom. The lowest BCUT2D eigenvalue weighted by Crippen LogP contribution is -2.45. The Morgan fingerprint density at radius 1 is 1.32 bits per heavy atom. The molecule has 1 heterocycles. The summed E-state index contributed by atoms with van der Waals surface area (Å²) in [5, 5.41) is 23.1. The molecule has 6 heteroatoms. The van der Waals surface area contributed by atoms with Crippen LogP contribution in [0.5, 0.6) is 11.5 Å². The standard InChI is InChI=1S/C25H35NO5/c1-6-7-8-9-16-13-19-21(22(27)20(16)23(28)26-15(3)24(29)30)17-12-14(2)10-11-18(17)25(4,5)31-19/h12-13,15,17-18,27H,6-11H2,1-5H3,(H,26,28)(H,29,30). The van der Waals surface area contributed by atoms with E-state index in [4.69, 9.17) is 4.74 Å². The van der Waals surface area contributed by atoms with E-state index >= 15 is 0 Å². The third-order valence-electron chi connectivity index (χ3n) is 6.73. The van der Waals surface area contributed by atoms with E-state index < -0.39 is 17.9 Å². The monoisotopic (exact) mass is 429 g/mol. The molecule has 170 valence electrons. The van der Waals surface area contributed by atoms with Crippen molar-refractivity contribution < 1.29 is 24.5 Å². The summed E-state index contributed by atoms with van der Waals surface area (Å²) in [4.78, 5) is 24.4. The van der Waals surface area contributed by atoms with Gasteiger partial charge in [0.25, 0.3) is 5.91 Å². The highest BCUT2D eigenvalue weighted by Crippen LogP contribution is 2.54. The molecule has 3 rings (SSSR count). The Labute approximate surface area is 184 Å². The first-order chi connectivity index (χ1) is 14.6. The maximum atomic E-state index is 13.1. The lowest BCUT2D eigenvalue weighted by molar-refractivity contribution is -0.138. The molecule has 0 spiro atoms. The number of benzene rings is 1. The van der Waals surface area contributed by atoms with E-state index in [1.807, 2.05) is 6.07 Å². The van der Waals surface area contributed by atoms with Crippen molar-refractivity contribution >= 4 is 11.9 Å². The van der Waals surface area contributed by atoms with Gasteiger partial charge in [0.2, 0.25) is 0 Å². The SMILES string of the molecule is CCCCCc1cc2c(c(O)c1C(=O)NC(C)C(=O)O)C1C=C(C)CCC1C(C)(C)O2. The number of phenolic OH excluding ortho intramolecular Hbond substituents is 1. The number of carbonyl (C=O) groups excluding carboxylic acids is 1. The maximum absolute atomic E-state index is 13.1. The Kier molecular flexibility index (Phi) is 6.68. The number of aryl methyl sites for hydroxylation is 1. The van der Waals surface area contributed by atoms with Gasteiger partial charge in [0.15, 0.2) is 0 Å². The van der Waals surface area contributed by atoms with Crippen LogP contribution in [0.2, 0.25) is 0 Å². The molecular weight excluding hydrogens is 394 g/mol. The third-order valence-corrected chi connectivity index (χ3v) is 6.73. The van der Waals surface area contributed by atoms with Crippen LogP contribution >= 0.6 is 0 Å². The number of hydrogen-bond acceptors (Lipinski definition) is 4. The van der Waals surface area contributed by atoms with E-state index in [-0.39, 0.29) is 28.7 Å². The topological polar surface area (TPSA) is 95.9 Å². The number of carbonyl (C=O) groups is 2. The third kappa shape index (κ3) is 4.58. The second-order valence-electron chi connectivity index (χ2n) is 9.55. The van der Waals surface area contributed by atoms with Crippen molar-refractivity contribution in [2.24, 2.45) is 5.92 Å². The van der Waals surface area contributed by atoms with E-state index in [0.717, 1.165) is 32.1 Å². The fraction of sp³-hybridized carbons (Fsp3) is 0.600. The van der Waals surface area contributed by atoms with E-state index in [1.54, 1.807) is 0 Å². The molecule has 2 aliphatic rings. The minimum absolute atomic E-state index is 0.0411. The molecule has 0 bridgehead atoms. The van der Waals surface area contributed by atoms with Crippen LogP contribution in [-0.4, -0.2) is 33.7 Å². The minimum Gasteiger partial charge on any atom is -0.507 e. The zero-order chi connectivity index (χ0) is 22.9. The number of allylic oxidation sites excluding steroid dienone is 2. The molecule has 1 aliphatic heterocycles. The normalized spacial score (nSPS) is 22.4. The van der Waals surface area contributed by atoms with Gasteiger partial charge in [-0.15, -0.1) is 0 Å². The molecular formula is C25H35NO5. The van der Waals surface area contributed by atoms with Crippen LogP contribution in [0.15, 0.2) is 17.7 Å². The van der Waals surface area contributed by atoms with E-state index in [9.17, 15) is 19.8 Å². The lowest BCUT2D eigenvalue weighted by Gasteiger charge is -2.46. The number of nitrogens with one attached hydrogen (secondary N) is 1. The number of unbranched alkanes of at least 4 members (excludes halogenated alkanes) is 2. The van der Waals surface area contributed by atoms with Gasteiger partial charge in [-0.05, 0) is 65.0 Å². The highest BCUT2D eigenvalue weighted by Gasteiger charge is 2.46. The van der Waals surface area contributed by atoms with Crippen molar-refractivity contribution in [3.63, 3.8) is 0 Å². The summed E-state index contributed by atoms with van der Waals surface area (Å²) < 4.78 is 6.39. The number of aromatic hydroxyl groups is 1. The highest BCUT2D eigenvalue weighted by atomic mass is 16.5. The van der Waals surface area contributed by atoms with Crippen LogP contribution in [0.3, 0.4) is 0 Å². The molecule has 1 amide bonds.